The van der Waals surface area contributed by atoms with Crippen molar-refractivity contribution in [2.75, 3.05) is 12.4 Å². The lowest BCUT2D eigenvalue weighted by Gasteiger charge is -2.18. The van der Waals surface area contributed by atoms with Crippen LogP contribution in [0.3, 0.4) is 0 Å². The number of hydrogen-bond acceptors (Lipinski definition) is 2. The number of hydrogen-bond donors (Lipinski definition) is 1. The summed E-state index contributed by atoms with van der Waals surface area (Å²) in [5.74, 6) is -0.478. The molecule has 14 heavy (non-hydrogen) atoms. The van der Waals surface area contributed by atoms with Gasteiger partial charge in [-0.2, -0.15) is 0 Å². The predicted octanol–water partition coefficient (Wildman–Crippen LogP) is 1.72. The maximum Gasteiger partial charge on any atom is 0.224 e. The van der Waals surface area contributed by atoms with Gasteiger partial charge < -0.3 is 10.1 Å². The van der Waals surface area contributed by atoms with E-state index in [-0.39, 0.29) is 17.3 Å². The van der Waals surface area contributed by atoms with E-state index in [4.69, 9.17) is 4.74 Å². The van der Waals surface area contributed by atoms with Gasteiger partial charge in [0.15, 0.2) is 11.6 Å². The molecule has 0 fully saturated rings. The summed E-state index contributed by atoms with van der Waals surface area (Å²) in [6, 6.07) is 3.35. The monoisotopic (exact) mass is 195 g/mol. The molecule has 0 bridgehead atoms. The van der Waals surface area contributed by atoms with Gasteiger partial charge in [-0.15, -0.1) is 0 Å². The molecule has 3 nitrogen and oxygen atoms in total. The molecule has 0 aromatic heterocycles. The average molecular weight is 195 g/mol. The number of carbonyl (C=O) groups excluding carboxylic acids is 1. The molecular weight excluding hydrogens is 185 g/mol. The second kappa shape index (κ2) is 3.29. The van der Waals surface area contributed by atoms with Gasteiger partial charge in [-0.25, -0.2) is 4.39 Å². The number of ether oxygens (including phenoxy) is 1. The summed E-state index contributed by atoms with van der Waals surface area (Å²) in [5, 5.41) is 2.51. The minimum absolute atomic E-state index is 0.148. The number of methoxy groups -OCH3 is 1. The molecule has 1 heterocycles. The zero-order valence-corrected chi connectivity index (χ0v) is 7.76. The Morgan fingerprint density at radius 1 is 1.43 bits per heavy atom. The first-order valence-electron chi connectivity index (χ1n) is 4.37. The van der Waals surface area contributed by atoms with Crippen molar-refractivity contribution in [1.82, 2.24) is 0 Å². The normalized spacial score (nSPS) is 14.6. The molecule has 1 N–H and O–H groups in total. The first-order chi connectivity index (χ1) is 6.72. The lowest BCUT2D eigenvalue weighted by atomic mass is 10.0. The number of aryl methyl sites for hydroxylation is 1. The van der Waals surface area contributed by atoms with Gasteiger partial charge in [-0.1, -0.05) is 6.07 Å². The minimum Gasteiger partial charge on any atom is -0.494 e. The van der Waals surface area contributed by atoms with Gasteiger partial charge in [0, 0.05) is 6.42 Å². The zero-order valence-electron chi connectivity index (χ0n) is 7.76. The zero-order chi connectivity index (χ0) is 10.1. The second-order valence-corrected chi connectivity index (χ2v) is 3.16. The molecule has 0 aliphatic carbocycles. The van der Waals surface area contributed by atoms with Gasteiger partial charge >= 0.3 is 0 Å². The molecule has 0 spiro atoms. The van der Waals surface area contributed by atoms with Crippen molar-refractivity contribution in [1.29, 1.82) is 0 Å². The highest BCUT2D eigenvalue weighted by atomic mass is 19.1. The minimum atomic E-state index is -0.488. The Labute approximate surface area is 80.9 Å². The highest BCUT2D eigenvalue weighted by Gasteiger charge is 2.20. The fourth-order valence-corrected chi connectivity index (χ4v) is 1.55. The van der Waals surface area contributed by atoms with Crippen LogP contribution in [0.2, 0.25) is 0 Å². The van der Waals surface area contributed by atoms with Crippen molar-refractivity contribution in [2.45, 2.75) is 12.8 Å². The first kappa shape index (κ1) is 8.99. The van der Waals surface area contributed by atoms with Crippen LogP contribution in [-0.4, -0.2) is 13.0 Å². The number of carbonyl (C=O) groups is 1. The molecule has 4 heteroatoms. The molecular formula is C10H10FNO2. The van der Waals surface area contributed by atoms with Crippen molar-refractivity contribution in [3.63, 3.8) is 0 Å². The number of nitrogens with one attached hydrogen (secondary N) is 1. The molecule has 74 valence electrons. The molecule has 1 aromatic carbocycles. The molecule has 1 aliphatic rings. The Balaban J connectivity index is 2.50. The number of fused-ring (bicyclic) bond motifs is 1. The van der Waals surface area contributed by atoms with Crippen molar-refractivity contribution >= 4 is 11.6 Å². The molecule has 1 amide bonds. The summed E-state index contributed by atoms with van der Waals surface area (Å²) in [4.78, 5) is 11.1. The van der Waals surface area contributed by atoms with Gasteiger partial charge in [-0.3, -0.25) is 4.79 Å². The number of benzene rings is 1. The van der Waals surface area contributed by atoms with E-state index in [9.17, 15) is 9.18 Å². The van der Waals surface area contributed by atoms with E-state index in [2.05, 4.69) is 5.32 Å². The van der Waals surface area contributed by atoms with E-state index in [0.717, 1.165) is 5.56 Å². The summed E-state index contributed by atoms with van der Waals surface area (Å²) in [5.41, 5.74) is 1.09. The Morgan fingerprint density at radius 2 is 2.21 bits per heavy atom. The predicted molar refractivity (Wildman–Crippen MR) is 49.9 cm³/mol. The molecule has 0 atom stereocenters. The van der Waals surface area contributed by atoms with E-state index in [1.807, 2.05) is 0 Å². The fourth-order valence-electron chi connectivity index (χ4n) is 1.55. The third-order valence-corrected chi connectivity index (χ3v) is 2.30. The van der Waals surface area contributed by atoms with Crippen LogP contribution in [0.5, 0.6) is 5.75 Å². The summed E-state index contributed by atoms with van der Waals surface area (Å²) in [6.07, 6.45) is 1.00. The first-order valence-corrected chi connectivity index (χ1v) is 4.37. The van der Waals surface area contributed by atoms with Gasteiger partial charge in [0.2, 0.25) is 5.91 Å². The molecule has 0 saturated carbocycles. The van der Waals surface area contributed by atoms with Gasteiger partial charge in [0.1, 0.15) is 0 Å². The summed E-state index contributed by atoms with van der Waals surface area (Å²) in [6.45, 7) is 0. The van der Waals surface area contributed by atoms with Crippen molar-refractivity contribution in [3.8, 4) is 5.75 Å². The summed E-state index contributed by atoms with van der Waals surface area (Å²) in [7, 11) is 1.40. The van der Waals surface area contributed by atoms with Crippen molar-refractivity contribution < 1.29 is 13.9 Å². The van der Waals surface area contributed by atoms with Crippen LogP contribution < -0.4 is 10.1 Å². The Morgan fingerprint density at radius 3 is 2.93 bits per heavy atom. The van der Waals surface area contributed by atoms with E-state index < -0.39 is 5.82 Å². The standard InChI is InChI=1S/C10H10FNO2/c1-14-7-4-2-6-3-5-8(13)12-10(6)9(7)11/h2,4H,3,5H2,1H3,(H,12,13). The largest absolute Gasteiger partial charge is 0.494 e. The summed E-state index contributed by atoms with van der Waals surface area (Å²) < 4.78 is 18.4. The Bertz CT molecular complexity index is 390. The van der Waals surface area contributed by atoms with Crippen LogP contribution >= 0.6 is 0 Å². The van der Waals surface area contributed by atoms with Crippen LogP contribution in [0, 0.1) is 5.82 Å². The SMILES string of the molecule is COc1ccc2c(c1F)NC(=O)CC2. The lowest BCUT2D eigenvalue weighted by Crippen LogP contribution is -2.20. The summed E-state index contributed by atoms with van der Waals surface area (Å²) >= 11 is 0. The van der Waals surface area contributed by atoms with E-state index in [1.54, 1.807) is 12.1 Å². The van der Waals surface area contributed by atoms with Gasteiger partial charge in [0.25, 0.3) is 0 Å². The van der Waals surface area contributed by atoms with Gasteiger partial charge in [0.05, 0.1) is 12.8 Å². The van der Waals surface area contributed by atoms with Gasteiger partial charge in [-0.05, 0) is 18.1 Å². The quantitative estimate of drug-likeness (QED) is 0.740. The van der Waals surface area contributed by atoms with Crippen LogP contribution in [0.15, 0.2) is 12.1 Å². The number of anilines is 1. The van der Waals surface area contributed by atoms with E-state index in [0.29, 0.717) is 12.8 Å². The highest BCUT2D eigenvalue weighted by molar-refractivity contribution is 5.94. The molecule has 2 rings (SSSR count). The fraction of sp³-hybridized carbons (Fsp3) is 0.300. The van der Waals surface area contributed by atoms with Crippen molar-refractivity contribution in [2.24, 2.45) is 0 Å². The maximum absolute atomic E-state index is 13.6. The van der Waals surface area contributed by atoms with Crippen molar-refractivity contribution in [3.05, 3.63) is 23.5 Å². The molecule has 0 radical (unpaired) electrons. The van der Waals surface area contributed by atoms with Crippen LogP contribution in [0.4, 0.5) is 10.1 Å². The molecule has 0 saturated heterocycles. The number of amides is 1. The third kappa shape index (κ3) is 1.32. The molecule has 1 aromatic rings. The second-order valence-electron chi connectivity index (χ2n) is 3.16. The molecule has 0 unspecified atom stereocenters. The maximum atomic E-state index is 13.6. The van der Waals surface area contributed by atoms with Crippen LogP contribution in [-0.2, 0) is 11.2 Å². The Hall–Kier alpha value is -1.58. The van der Waals surface area contributed by atoms with Crippen LogP contribution in [0.1, 0.15) is 12.0 Å². The smallest absolute Gasteiger partial charge is 0.224 e. The third-order valence-electron chi connectivity index (χ3n) is 2.30. The van der Waals surface area contributed by atoms with E-state index >= 15 is 0 Å². The number of rotatable bonds is 1. The van der Waals surface area contributed by atoms with E-state index in [1.165, 1.54) is 7.11 Å². The lowest BCUT2D eigenvalue weighted by molar-refractivity contribution is -0.116. The van der Waals surface area contributed by atoms with Crippen LogP contribution in [0.25, 0.3) is 0 Å². The topological polar surface area (TPSA) is 38.3 Å². The average Bonchev–Trinajstić information content (AvgIpc) is 2.20. The molecule has 1 aliphatic heterocycles. The highest BCUT2D eigenvalue weighted by Crippen LogP contribution is 2.31. The number of halogens is 1. The Kier molecular flexibility index (Phi) is 2.11.